The Labute approximate surface area is 223 Å². The lowest BCUT2D eigenvalue weighted by molar-refractivity contribution is 0.829. The van der Waals surface area contributed by atoms with Crippen LogP contribution in [0.2, 0.25) is 0 Å². The van der Waals surface area contributed by atoms with Crippen LogP contribution in [0.3, 0.4) is 0 Å². The van der Waals surface area contributed by atoms with Crippen LogP contribution < -0.4 is 5.32 Å². The predicted octanol–water partition coefficient (Wildman–Crippen LogP) is 7.05. The number of aryl methyl sites for hydroxylation is 1. The largest absolute Gasteiger partial charge is 0.359 e. The Morgan fingerprint density at radius 1 is 1.16 bits per heavy atom. The number of aromatic nitrogens is 6. The summed E-state index contributed by atoms with van der Waals surface area (Å²) in [4.78, 5) is 17.6. The first-order valence-electron chi connectivity index (χ1n) is 12.6. The van der Waals surface area contributed by atoms with Gasteiger partial charge in [0.1, 0.15) is 5.52 Å². The second-order valence-electron chi connectivity index (χ2n) is 8.81. The highest BCUT2D eigenvalue weighted by Gasteiger charge is 2.19. The molecule has 7 nitrogen and oxygen atoms in total. The fraction of sp³-hybridized carbons (Fsp3) is 0.161. The van der Waals surface area contributed by atoms with Gasteiger partial charge < -0.3 is 10.3 Å². The molecule has 0 fully saturated rings. The van der Waals surface area contributed by atoms with Gasteiger partial charge in [0.15, 0.2) is 11.5 Å². The third kappa shape index (κ3) is 5.62. The molecule has 3 N–H and O–H groups in total. The number of rotatable bonds is 11. The van der Waals surface area contributed by atoms with Crippen LogP contribution in [0.15, 0.2) is 98.2 Å². The van der Waals surface area contributed by atoms with Gasteiger partial charge in [0.25, 0.3) is 0 Å². The van der Waals surface area contributed by atoms with Crippen LogP contribution in [-0.2, 0) is 0 Å². The van der Waals surface area contributed by atoms with E-state index in [1.807, 2.05) is 62.5 Å². The number of pyridine rings is 2. The fourth-order valence-electron chi connectivity index (χ4n) is 4.20. The normalized spacial score (nSPS) is 12.6. The Morgan fingerprint density at radius 2 is 2.00 bits per heavy atom. The molecule has 0 aliphatic carbocycles. The lowest BCUT2D eigenvalue weighted by atomic mass is 10.0. The molecule has 38 heavy (non-hydrogen) atoms. The average molecular weight is 504 g/mol. The zero-order chi connectivity index (χ0) is 27.1. The lowest BCUT2D eigenvalue weighted by Gasteiger charge is -2.11. The first kappa shape index (κ1) is 26.3. The molecule has 0 aliphatic rings. The standard InChI is InChI=1S/C31H33N7/c1-7-12-20(5)33-24(10-4)18-22(9-3)26-15-16-27-29(35-26)30(38-37-27)31-34-21(6)28(36-31)25(13-8-2)23-14-11-17-32-19-23/h8-11,13-19,33H,2,4-5,7,12H2,1,3,6H3,(H,34,36)(H,37,38)/b22-9+,24-18+,25-13-. The van der Waals surface area contributed by atoms with Gasteiger partial charge in [-0.2, -0.15) is 5.10 Å². The van der Waals surface area contributed by atoms with Gasteiger partial charge in [-0.15, -0.1) is 0 Å². The van der Waals surface area contributed by atoms with E-state index in [9.17, 15) is 0 Å². The van der Waals surface area contributed by atoms with Crippen molar-refractivity contribution in [1.29, 1.82) is 0 Å². The molecule has 7 heteroatoms. The Hall–Kier alpha value is -4.78. The molecular formula is C31H33N7. The SMILES string of the molecule is C=C/C=C(/c1cccnc1)c1nc(-c2n[nH]c3ccc(C(/C=C(\C=C)NC(=C)CCC)=C/C)nc23)[nH]c1C. The van der Waals surface area contributed by atoms with Crippen molar-refractivity contribution in [2.24, 2.45) is 0 Å². The number of fused-ring (bicyclic) bond motifs is 1. The molecule has 0 atom stereocenters. The van der Waals surface area contributed by atoms with Crippen LogP contribution in [0.25, 0.3) is 33.7 Å². The molecule has 0 aromatic carbocycles. The monoisotopic (exact) mass is 503 g/mol. The van der Waals surface area contributed by atoms with Gasteiger partial charge in [0.05, 0.1) is 16.9 Å². The lowest BCUT2D eigenvalue weighted by Crippen LogP contribution is -2.10. The van der Waals surface area contributed by atoms with E-state index >= 15 is 0 Å². The van der Waals surface area contributed by atoms with Gasteiger partial charge in [-0.25, -0.2) is 9.97 Å². The minimum atomic E-state index is 0.633. The van der Waals surface area contributed by atoms with E-state index in [1.165, 1.54) is 0 Å². The molecule has 4 aromatic heterocycles. The molecule has 4 aromatic rings. The molecule has 192 valence electrons. The van der Waals surface area contributed by atoms with Gasteiger partial charge in [-0.05, 0) is 56.2 Å². The maximum absolute atomic E-state index is 4.97. The van der Waals surface area contributed by atoms with Crippen molar-refractivity contribution in [1.82, 2.24) is 35.5 Å². The molecule has 0 spiro atoms. The van der Waals surface area contributed by atoms with E-state index < -0.39 is 0 Å². The number of hydrogen-bond acceptors (Lipinski definition) is 5. The number of aromatic amines is 2. The summed E-state index contributed by atoms with van der Waals surface area (Å²) in [6, 6.07) is 7.87. The van der Waals surface area contributed by atoms with Gasteiger partial charge in [0, 0.05) is 40.6 Å². The number of imidazole rings is 1. The van der Waals surface area contributed by atoms with Crippen molar-refractivity contribution in [3.8, 4) is 11.5 Å². The minimum absolute atomic E-state index is 0.633. The molecule has 0 bridgehead atoms. The summed E-state index contributed by atoms with van der Waals surface area (Å²) in [6.07, 6.45) is 15.0. The smallest absolute Gasteiger partial charge is 0.161 e. The zero-order valence-electron chi connectivity index (χ0n) is 22.2. The first-order valence-corrected chi connectivity index (χ1v) is 12.6. The van der Waals surface area contributed by atoms with Crippen molar-refractivity contribution in [2.45, 2.75) is 33.6 Å². The summed E-state index contributed by atoms with van der Waals surface area (Å²) >= 11 is 0. The molecule has 0 radical (unpaired) electrons. The molecule has 0 saturated carbocycles. The van der Waals surface area contributed by atoms with Crippen molar-refractivity contribution < 1.29 is 0 Å². The summed E-state index contributed by atoms with van der Waals surface area (Å²) in [5, 5.41) is 11.0. The maximum atomic E-state index is 4.97. The highest BCUT2D eigenvalue weighted by Crippen LogP contribution is 2.30. The van der Waals surface area contributed by atoms with Crippen molar-refractivity contribution in [2.75, 3.05) is 0 Å². The van der Waals surface area contributed by atoms with Crippen LogP contribution in [-0.4, -0.2) is 30.1 Å². The van der Waals surface area contributed by atoms with E-state index in [0.717, 1.165) is 69.1 Å². The quantitative estimate of drug-likeness (QED) is 0.191. The third-order valence-corrected chi connectivity index (χ3v) is 6.04. The Morgan fingerprint density at radius 3 is 2.68 bits per heavy atom. The molecule has 0 saturated heterocycles. The highest BCUT2D eigenvalue weighted by atomic mass is 15.2. The summed E-state index contributed by atoms with van der Waals surface area (Å²) in [5.74, 6) is 0.633. The van der Waals surface area contributed by atoms with E-state index in [0.29, 0.717) is 11.5 Å². The average Bonchev–Trinajstić information content (AvgIpc) is 3.53. The second kappa shape index (κ2) is 12.0. The maximum Gasteiger partial charge on any atom is 0.161 e. The first-order chi connectivity index (χ1) is 18.5. The topological polar surface area (TPSA) is 95.2 Å². The summed E-state index contributed by atoms with van der Waals surface area (Å²) in [6.45, 7) is 18.0. The molecule has 4 heterocycles. The number of allylic oxidation sites excluding steroid dienone is 7. The number of hydrogen-bond donors (Lipinski definition) is 3. The molecule has 0 aliphatic heterocycles. The van der Waals surface area contributed by atoms with E-state index in [1.54, 1.807) is 18.3 Å². The van der Waals surface area contributed by atoms with Gasteiger partial charge >= 0.3 is 0 Å². The number of nitrogens with zero attached hydrogens (tertiary/aromatic N) is 4. The molecular weight excluding hydrogens is 470 g/mol. The van der Waals surface area contributed by atoms with Crippen LogP contribution in [0.5, 0.6) is 0 Å². The highest BCUT2D eigenvalue weighted by molar-refractivity contribution is 5.90. The molecule has 4 rings (SSSR count). The summed E-state index contributed by atoms with van der Waals surface area (Å²) in [5.41, 5.74) is 9.41. The van der Waals surface area contributed by atoms with Crippen LogP contribution in [0, 0.1) is 6.92 Å². The second-order valence-corrected chi connectivity index (χ2v) is 8.81. The number of nitrogens with one attached hydrogen (secondary N) is 3. The summed E-state index contributed by atoms with van der Waals surface area (Å²) in [7, 11) is 0. The van der Waals surface area contributed by atoms with Gasteiger partial charge in [0.2, 0.25) is 0 Å². The van der Waals surface area contributed by atoms with Crippen LogP contribution in [0.4, 0.5) is 0 Å². The number of H-pyrrole nitrogens is 2. The predicted molar refractivity (Wildman–Crippen MR) is 157 cm³/mol. The Kier molecular flexibility index (Phi) is 8.28. The van der Waals surface area contributed by atoms with E-state index in [-0.39, 0.29) is 0 Å². The van der Waals surface area contributed by atoms with E-state index in [2.05, 4.69) is 52.1 Å². The van der Waals surface area contributed by atoms with Crippen LogP contribution in [0.1, 0.15) is 49.3 Å². The summed E-state index contributed by atoms with van der Waals surface area (Å²) < 4.78 is 0. The molecule has 0 unspecified atom stereocenters. The van der Waals surface area contributed by atoms with Crippen LogP contribution >= 0.6 is 0 Å². The molecule has 0 amide bonds. The van der Waals surface area contributed by atoms with Crippen molar-refractivity contribution >= 4 is 22.2 Å². The third-order valence-electron chi connectivity index (χ3n) is 6.04. The van der Waals surface area contributed by atoms with Crippen molar-refractivity contribution in [3.63, 3.8) is 0 Å². The van der Waals surface area contributed by atoms with Gasteiger partial charge in [-0.3, -0.25) is 10.1 Å². The van der Waals surface area contributed by atoms with Crippen molar-refractivity contribution in [3.05, 3.63) is 121 Å². The van der Waals surface area contributed by atoms with E-state index in [4.69, 9.17) is 9.97 Å². The Balaban J connectivity index is 1.73. The minimum Gasteiger partial charge on any atom is -0.359 e. The Bertz CT molecular complexity index is 1560. The fourth-order valence-corrected chi connectivity index (χ4v) is 4.20. The van der Waals surface area contributed by atoms with Gasteiger partial charge in [-0.1, -0.05) is 57.4 Å². The zero-order valence-corrected chi connectivity index (χ0v) is 22.2.